The minimum Gasteiger partial charge on any atom is -0.391 e. The quantitative estimate of drug-likeness (QED) is 0.650. The second kappa shape index (κ2) is 6.55. The molecule has 2 heteroatoms. The molecule has 0 saturated carbocycles. The number of carbonyl (C=O) groups excluding carboxylic acids is 1. The summed E-state index contributed by atoms with van der Waals surface area (Å²) in [7, 11) is 0. The molecule has 0 unspecified atom stereocenters. The summed E-state index contributed by atoms with van der Waals surface area (Å²) in [6.45, 7) is 2.80. The number of allylic oxidation sites excluding steroid dienone is 1. The van der Waals surface area contributed by atoms with Gasteiger partial charge in [-0.2, -0.15) is 0 Å². The second-order valence-electron chi connectivity index (χ2n) is 4.18. The van der Waals surface area contributed by atoms with Gasteiger partial charge < -0.3 is 5.32 Å². The third kappa shape index (κ3) is 3.32. The van der Waals surface area contributed by atoms with E-state index in [1.54, 1.807) is 6.20 Å². The Hall–Kier alpha value is -2.35. The number of rotatable bonds is 5. The molecule has 0 aliphatic carbocycles. The first-order valence-corrected chi connectivity index (χ1v) is 6.41. The van der Waals surface area contributed by atoms with Crippen molar-refractivity contribution >= 4 is 11.4 Å². The van der Waals surface area contributed by atoms with Gasteiger partial charge in [0.1, 0.15) is 0 Å². The number of nitrogens with one attached hydrogen (secondary N) is 1. The Kier molecular flexibility index (Phi) is 4.51. The smallest absolute Gasteiger partial charge is 0.195 e. The first-order chi connectivity index (χ1) is 9.33. The van der Waals surface area contributed by atoms with Gasteiger partial charge >= 0.3 is 0 Å². The largest absolute Gasteiger partial charge is 0.391 e. The van der Waals surface area contributed by atoms with E-state index in [9.17, 15) is 4.79 Å². The van der Waals surface area contributed by atoms with Gasteiger partial charge in [0.05, 0.1) is 0 Å². The molecule has 0 amide bonds. The number of carbonyl (C=O) groups is 1. The topological polar surface area (TPSA) is 29.1 Å². The Balaban J connectivity index is 2.37. The molecule has 19 heavy (non-hydrogen) atoms. The Morgan fingerprint density at radius 2 is 1.47 bits per heavy atom. The van der Waals surface area contributed by atoms with E-state index in [0.29, 0.717) is 11.1 Å². The normalized spacial score (nSPS) is 11.1. The highest BCUT2D eigenvalue weighted by Gasteiger charge is 2.13. The molecule has 2 nitrogen and oxygen atoms in total. The summed E-state index contributed by atoms with van der Waals surface area (Å²) in [5, 5.41) is 3.11. The van der Waals surface area contributed by atoms with Gasteiger partial charge in [0.2, 0.25) is 0 Å². The summed E-state index contributed by atoms with van der Waals surface area (Å²) in [6.07, 6.45) is 1.80. The van der Waals surface area contributed by atoms with E-state index >= 15 is 0 Å². The molecule has 0 aliphatic rings. The summed E-state index contributed by atoms with van der Waals surface area (Å²) < 4.78 is 0. The zero-order valence-corrected chi connectivity index (χ0v) is 11.0. The molecule has 2 rings (SSSR count). The summed E-state index contributed by atoms with van der Waals surface area (Å²) in [5.41, 5.74) is 2.32. The van der Waals surface area contributed by atoms with E-state index in [1.165, 1.54) is 0 Å². The maximum Gasteiger partial charge on any atom is 0.195 e. The van der Waals surface area contributed by atoms with Crippen LogP contribution in [-0.4, -0.2) is 12.3 Å². The van der Waals surface area contributed by atoms with Crippen molar-refractivity contribution in [2.24, 2.45) is 0 Å². The fourth-order valence-corrected chi connectivity index (χ4v) is 1.85. The molecular formula is C17H17NO. The lowest BCUT2D eigenvalue weighted by molar-refractivity contribution is 0.105. The van der Waals surface area contributed by atoms with Crippen LogP contribution >= 0.6 is 0 Å². The van der Waals surface area contributed by atoms with Crippen molar-refractivity contribution < 1.29 is 4.79 Å². The van der Waals surface area contributed by atoms with Crippen LogP contribution in [0.5, 0.6) is 0 Å². The Morgan fingerprint density at radius 3 is 2.00 bits per heavy atom. The Labute approximate surface area is 113 Å². The zero-order chi connectivity index (χ0) is 13.5. The van der Waals surface area contributed by atoms with E-state index in [0.717, 1.165) is 12.1 Å². The van der Waals surface area contributed by atoms with Crippen LogP contribution in [0.3, 0.4) is 0 Å². The number of Topliss-reactive ketones (excluding diaryl/α,β-unsaturated/α-hetero) is 1. The molecule has 0 atom stereocenters. The monoisotopic (exact) mass is 251 g/mol. The van der Waals surface area contributed by atoms with E-state index in [1.807, 2.05) is 67.6 Å². The third-order valence-corrected chi connectivity index (χ3v) is 2.82. The number of hydrogen-bond acceptors (Lipinski definition) is 2. The number of hydrogen-bond donors (Lipinski definition) is 1. The van der Waals surface area contributed by atoms with Gasteiger partial charge in [-0.25, -0.2) is 0 Å². The molecule has 0 aromatic heterocycles. The van der Waals surface area contributed by atoms with Gasteiger partial charge in [0.25, 0.3) is 0 Å². The number of benzene rings is 2. The van der Waals surface area contributed by atoms with Crippen molar-refractivity contribution in [1.82, 2.24) is 5.32 Å². The maximum absolute atomic E-state index is 12.5. The van der Waals surface area contributed by atoms with Crippen molar-refractivity contribution in [1.29, 1.82) is 0 Å². The standard InChI is InChI=1S/C17H17NO/c1-2-18-13-16(14-9-5-3-6-10-14)17(19)15-11-7-4-8-12-15/h3-13,18H,2H2,1H3. The molecule has 0 saturated heterocycles. The van der Waals surface area contributed by atoms with Crippen molar-refractivity contribution in [2.45, 2.75) is 6.92 Å². The lowest BCUT2D eigenvalue weighted by Gasteiger charge is -2.08. The van der Waals surface area contributed by atoms with Crippen LogP contribution in [0.1, 0.15) is 22.8 Å². The first-order valence-electron chi connectivity index (χ1n) is 6.41. The first kappa shape index (κ1) is 13.1. The molecule has 0 bridgehead atoms. The zero-order valence-electron chi connectivity index (χ0n) is 11.0. The fourth-order valence-electron chi connectivity index (χ4n) is 1.85. The molecular weight excluding hydrogens is 234 g/mol. The summed E-state index contributed by atoms with van der Waals surface area (Å²) in [5.74, 6) is 0.0350. The van der Waals surface area contributed by atoms with Crippen LogP contribution < -0.4 is 5.32 Å². The Bertz CT molecular complexity index is 558. The van der Waals surface area contributed by atoms with Crippen molar-refractivity contribution in [2.75, 3.05) is 6.54 Å². The van der Waals surface area contributed by atoms with Crippen molar-refractivity contribution in [3.8, 4) is 0 Å². The SMILES string of the molecule is CCNC=C(C(=O)c1ccccc1)c1ccccc1. The summed E-state index contributed by atoms with van der Waals surface area (Å²) in [6, 6.07) is 19.1. The van der Waals surface area contributed by atoms with E-state index in [4.69, 9.17) is 0 Å². The van der Waals surface area contributed by atoms with Crippen LogP contribution in [0.2, 0.25) is 0 Å². The van der Waals surface area contributed by atoms with Gasteiger partial charge in [0, 0.05) is 23.9 Å². The molecule has 96 valence electrons. The van der Waals surface area contributed by atoms with Crippen molar-refractivity contribution in [3.05, 3.63) is 78.0 Å². The maximum atomic E-state index is 12.5. The predicted octanol–water partition coefficient (Wildman–Crippen LogP) is 3.52. The molecule has 0 spiro atoms. The molecule has 2 aromatic rings. The lowest BCUT2D eigenvalue weighted by atomic mass is 9.97. The average Bonchev–Trinajstić information content (AvgIpc) is 2.49. The third-order valence-electron chi connectivity index (χ3n) is 2.82. The highest BCUT2D eigenvalue weighted by molar-refractivity contribution is 6.28. The van der Waals surface area contributed by atoms with Crippen LogP contribution in [0.15, 0.2) is 66.9 Å². The van der Waals surface area contributed by atoms with Gasteiger partial charge in [-0.15, -0.1) is 0 Å². The number of ketones is 1. The Morgan fingerprint density at radius 1 is 0.947 bits per heavy atom. The van der Waals surface area contributed by atoms with Gasteiger partial charge in [-0.05, 0) is 12.5 Å². The molecule has 0 radical (unpaired) electrons. The minimum atomic E-state index is 0.0350. The summed E-state index contributed by atoms with van der Waals surface area (Å²) in [4.78, 5) is 12.5. The van der Waals surface area contributed by atoms with Crippen LogP contribution in [0.4, 0.5) is 0 Å². The minimum absolute atomic E-state index is 0.0350. The molecule has 0 heterocycles. The van der Waals surface area contributed by atoms with E-state index in [-0.39, 0.29) is 5.78 Å². The second-order valence-corrected chi connectivity index (χ2v) is 4.18. The van der Waals surface area contributed by atoms with E-state index < -0.39 is 0 Å². The fraction of sp³-hybridized carbons (Fsp3) is 0.118. The molecule has 0 aliphatic heterocycles. The van der Waals surface area contributed by atoms with Gasteiger partial charge in [0.15, 0.2) is 5.78 Å². The summed E-state index contributed by atoms with van der Waals surface area (Å²) >= 11 is 0. The van der Waals surface area contributed by atoms with Crippen LogP contribution in [0.25, 0.3) is 5.57 Å². The highest BCUT2D eigenvalue weighted by Crippen LogP contribution is 2.19. The molecule has 0 fully saturated rings. The van der Waals surface area contributed by atoms with Crippen molar-refractivity contribution in [3.63, 3.8) is 0 Å². The van der Waals surface area contributed by atoms with Gasteiger partial charge in [-0.3, -0.25) is 4.79 Å². The van der Waals surface area contributed by atoms with E-state index in [2.05, 4.69) is 5.32 Å². The molecule has 2 aromatic carbocycles. The predicted molar refractivity (Wildman–Crippen MR) is 78.9 cm³/mol. The van der Waals surface area contributed by atoms with Crippen LogP contribution in [-0.2, 0) is 0 Å². The lowest BCUT2D eigenvalue weighted by Crippen LogP contribution is -2.09. The average molecular weight is 251 g/mol. The van der Waals surface area contributed by atoms with Crippen LogP contribution in [0, 0.1) is 0 Å². The van der Waals surface area contributed by atoms with Gasteiger partial charge in [-0.1, -0.05) is 60.7 Å². The highest BCUT2D eigenvalue weighted by atomic mass is 16.1. The molecule has 1 N–H and O–H groups in total.